The highest BCUT2D eigenvalue weighted by molar-refractivity contribution is 4.66. The molecule has 0 saturated carbocycles. The van der Waals surface area contributed by atoms with Gasteiger partial charge in [-0.1, -0.05) is 69.7 Å². The molecule has 104 valence electrons. The lowest BCUT2D eigenvalue weighted by Gasteiger charge is -2.20. The van der Waals surface area contributed by atoms with Gasteiger partial charge in [-0.2, -0.15) is 0 Å². The second kappa shape index (κ2) is 11.0. The molecule has 0 heterocycles. The highest BCUT2D eigenvalue weighted by atomic mass is 17.5. The van der Waals surface area contributed by atoms with Crippen LogP contribution in [0.1, 0.15) is 85.0 Å². The fraction of sp³-hybridized carbons (Fsp3) is 1.00. The first-order chi connectivity index (χ1) is 8.12. The first-order valence-electron chi connectivity index (χ1n) is 7.11. The molecule has 3 heteroatoms. The summed E-state index contributed by atoms with van der Waals surface area (Å²) in [7, 11) is 0. The average Bonchev–Trinajstić information content (AvgIpc) is 2.27. The summed E-state index contributed by atoms with van der Waals surface area (Å²) in [4.78, 5) is 4.76. The van der Waals surface area contributed by atoms with E-state index < -0.39 is 0 Å². The molecule has 0 rings (SSSR count). The predicted molar refractivity (Wildman–Crippen MR) is 70.7 cm³/mol. The smallest absolute Gasteiger partial charge is 0.101 e. The molecule has 0 aliphatic carbocycles. The third-order valence-electron chi connectivity index (χ3n) is 3.15. The Bertz CT molecular complexity index is 158. The maximum absolute atomic E-state index is 8.22. The molecule has 0 aromatic heterocycles. The maximum Gasteiger partial charge on any atom is 0.101 e. The molecule has 0 unspecified atom stereocenters. The highest BCUT2D eigenvalue weighted by Crippen LogP contribution is 2.19. The van der Waals surface area contributed by atoms with Crippen molar-refractivity contribution < 1.29 is 15.2 Å². The van der Waals surface area contributed by atoms with E-state index in [0.717, 1.165) is 12.8 Å². The predicted octanol–water partition coefficient (Wildman–Crippen LogP) is 5.11. The van der Waals surface area contributed by atoms with Crippen LogP contribution in [0.25, 0.3) is 0 Å². The van der Waals surface area contributed by atoms with Crippen molar-refractivity contribution in [3.8, 4) is 0 Å². The van der Waals surface area contributed by atoms with Gasteiger partial charge in [0.25, 0.3) is 0 Å². The third-order valence-corrected chi connectivity index (χ3v) is 3.15. The third kappa shape index (κ3) is 12.1. The SMILES string of the molecule is CCCCCCCCCCCC(C)(C)OOO. The standard InChI is InChI=1S/C14H30O3/c1-4-5-6-7-8-9-10-11-12-13-14(2,3)16-17-15/h15H,4-13H2,1-3H3. The van der Waals surface area contributed by atoms with Crippen molar-refractivity contribution in [2.45, 2.75) is 90.6 Å². The molecule has 17 heavy (non-hydrogen) atoms. The molecular weight excluding hydrogens is 216 g/mol. The van der Waals surface area contributed by atoms with Crippen LogP contribution in [0.15, 0.2) is 0 Å². The summed E-state index contributed by atoms with van der Waals surface area (Å²) in [5.41, 5.74) is -0.379. The Hall–Kier alpha value is -0.120. The van der Waals surface area contributed by atoms with Gasteiger partial charge < -0.3 is 0 Å². The Balaban J connectivity index is 3.18. The topological polar surface area (TPSA) is 38.7 Å². The molecule has 0 spiro atoms. The van der Waals surface area contributed by atoms with E-state index in [1.807, 2.05) is 13.8 Å². The molecule has 0 bridgehead atoms. The molecule has 0 aliphatic rings. The van der Waals surface area contributed by atoms with Gasteiger partial charge in [0.05, 0.1) is 0 Å². The van der Waals surface area contributed by atoms with E-state index in [4.69, 9.17) is 10.1 Å². The molecule has 0 aromatic carbocycles. The summed E-state index contributed by atoms with van der Waals surface area (Å²) in [6.07, 6.45) is 12.8. The quantitative estimate of drug-likeness (QED) is 0.295. The van der Waals surface area contributed by atoms with Crippen molar-refractivity contribution in [2.24, 2.45) is 0 Å². The number of hydrogen-bond acceptors (Lipinski definition) is 3. The van der Waals surface area contributed by atoms with E-state index in [1.165, 1.54) is 51.4 Å². The largest absolute Gasteiger partial charge is 0.221 e. The average molecular weight is 246 g/mol. The fourth-order valence-electron chi connectivity index (χ4n) is 2.00. The van der Waals surface area contributed by atoms with Gasteiger partial charge in [-0.05, 0) is 20.3 Å². The van der Waals surface area contributed by atoms with Crippen LogP contribution in [0, 0.1) is 0 Å². The van der Waals surface area contributed by atoms with Crippen LogP contribution in [0.4, 0.5) is 0 Å². The summed E-state index contributed by atoms with van der Waals surface area (Å²) in [5.74, 6) is 0. The van der Waals surface area contributed by atoms with Crippen LogP contribution < -0.4 is 0 Å². The van der Waals surface area contributed by atoms with Gasteiger partial charge in [-0.25, -0.2) is 10.1 Å². The van der Waals surface area contributed by atoms with E-state index in [2.05, 4.69) is 12.0 Å². The minimum absolute atomic E-state index is 0.379. The lowest BCUT2D eigenvalue weighted by Crippen LogP contribution is -2.23. The van der Waals surface area contributed by atoms with Crippen LogP contribution in [-0.4, -0.2) is 10.9 Å². The molecule has 0 aliphatic heterocycles. The molecule has 0 aromatic rings. The molecule has 0 saturated heterocycles. The second-order valence-corrected chi connectivity index (χ2v) is 5.50. The van der Waals surface area contributed by atoms with Crippen molar-refractivity contribution in [2.75, 3.05) is 0 Å². The van der Waals surface area contributed by atoms with Crippen molar-refractivity contribution in [3.63, 3.8) is 0 Å². The van der Waals surface area contributed by atoms with Crippen LogP contribution in [0.5, 0.6) is 0 Å². The van der Waals surface area contributed by atoms with Gasteiger partial charge in [0.1, 0.15) is 5.60 Å². The van der Waals surface area contributed by atoms with Crippen LogP contribution in [0.3, 0.4) is 0 Å². The summed E-state index contributed by atoms with van der Waals surface area (Å²) < 4.78 is 0. The highest BCUT2D eigenvalue weighted by Gasteiger charge is 2.19. The van der Waals surface area contributed by atoms with E-state index in [9.17, 15) is 0 Å². The van der Waals surface area contributed by atoms with Gasteiger partial charge in [0, 0.05) is 0 Å². The van der Waals surface area contributed by atoms with Gasteiger partial charge in [-0.15, -0.1) is 0 Å². The zero-order chi connectivity index (χ0) is 13.0. The normalized spacial score (nSPS) is 12.0. The van der Waals surface area contributed by atoms with Gasteiger partial charge in [0.2, 0.25) is 0 Å². The van der Waals surface area contributed by atoms with E-state index in [-0.39, 0.29) is 5.60 Å². The fourth-order valence-corrected chi connectivity index (χ4v) is 2.00. The molecule has 1 N–H and O–H groups in total. The second-order valence-electron chi connectivity index (χ2n) is 5.50. The Labute approximate surface area is 106 Å². The minimum Gasteiger partial charge on any atom is -0.221 e. The Morgan fingerprint density at radius 1 is 0.824 bits per heavy atom. The number of unbranched alkanes of at least 4 members (excludes halogenated alkanes) is 8. The zero-order valence-electron chi connectivity index (χ0n) is 11.8. The monoisotopic (exact) mass is 246 g/mol. The van der Waals surface area contributed by atoms with Crippen LogP contribution in [-0.2, 0) is 9.93 Å². The number of rotatable bonds is 12. The van der Waals surface area contributed by atoms with Gasteiger partial charge >= 0.3 is 0 Å². The summed E-state index contributed by atoms with van der Waals surface area (Å²) in [6.45, 7) is 6.10. The van der Waals surface area contributed by atoms with E-state index >= 15 is 0 Å². The summed E-state index contributed by atoms with van der Waals surface area (Å²) in [5, 5.41) is 12.0. The van der Waals surface area contributed by atoms with Crippen molar-refractivity contribution >= 4 is 0 Å². The van der Waals surface area contributed by atoms with Gasteiger partial charge in [0.15, 0.2) is 0 Å². The molecule has 0 radical (unpaired) electrons. The molecule has 0 amide bonds. The summed E-state index contributed by atoms with van der Waals surface area (Å²) in [6, 6.07) is 0. The Morgan fingerprint density at radius 3 is 1.76 bits per heavy atom. The molecule has 0 atom stereocenters. The first-order valence-corrected chi connectivity index (χ1v) is 7.11. The Morgan fingerprint density at radius 2 is 1.29 bits per heavy atom. The lowest BCUT2D eigenvalue weighted by atomic mass is 9.99. The molecular formula is C14H30O3. The molecule has 0 fully saturated rings. The van der Waals surface area contributed by atoms with E-state index in [0.29, 0.717) is 0 Å². The molecule has 3 nitrogen and oxygen atoms in total. The van der Waals surface area contributed by atoms with Gasteiger partial charge in [-0.3, -0.25) is 0 Å². The van der Waals surface area contributed by atoms with Crippen molar-refractivity contribution in [1.82, 2.24) is 0 Å². The van der Waals surface area contributed by atoms with Crippen molar-refractivity contribution in [3.05, 3.63) is 0 Å². The van der Waals surface area contributed by atoms with E-state index in [1.54, 1.807) is 0 Å². The Kier molecular flexibility index (Phi) is 10.9. The maximum atomic E-state index is 8.22. The summed E-state index contributed by atoms with van der Waals surface area (Å²) >= 11 is 0. The number of hydrogen-bond donors (Lipinski definition) is 1. The minimum atomic E-state index is -0.379. The zero-order valence-corrected chi connectivity index (χ0v) is 11.8. The van der Waals surface area contributed by atoms with Crippen LogP contribution >= 0.6 is 0 Å². The van der Waals surface area contributed by atoms with Crippen LogP contribution in [0.2, 0.25) is 0 Å². The van der Waals surface area contributed by atoms with Crippen molar-refractivity contribution in [1.29, 1.82) is 0 Å². The lowest BCUT2D eigenvalue weighted by molar-refractivity contribution is -0.522. The first kappa shape index (κ1) is 16.9.